The number of carbonyl (C=O) groups excluding carboxylic acids is 1. The fourth-order valence-corrected chi connectivity index (χ4v) is 3.05. The number of hydrogen-bond donors (Lipinski definition) is 1. The predicted octanol–water partition coefficient (Wildman–Crippen LogP) is 3.08. The van der Waals surface area contributed by atoms with Crippen LogP contribution in [0.5, 0.6) is 0 Å². The highest BCUT2D eigenvalue weighted by atomic mass is 32.1. The van der Waals surface area contributed by atoms with E-state index in [0.717, 1.165) is 23.3 Å². The van der Waals surface area contributed by atoms with Gasteiger partial charge >= 0.3 is 0 Å². The lowest BCUT2D eigenvalue weighted by molar-refractivity contribution is -0.133. The summed E-state index contributed by atoms with van der Waals surface area (Å²) in [5.41, 5.74) is 7.01. The minimum Gasteiger partial charge on any atom is -0.334 e. The molecule has 0 spiro atoms. The van der Waals surface area contributed by atoms with Gasteiger partial charge in [-0.2, -0.15) is 0 Å². The molecule has 0 radical (unpaired) electrons. The maximum absolute atomic E-state index is 13.0. The monoisotopic (exact) mass is 304 g/mol. The number of benzene rings is 1. The zero-order chi connectivity index (χ0) is 14.8. The molecule has 1 fully saturated rings. The van der Waals surface area contributed by atoms with Gasteiger partial charge in [-0.3, -0.25) is 4.79 Å². The molecule has 5 heteroatoms. The second-order valence-corrected chi connectivity index (χ2v) is 6.30. The van der Waals surface area contributed by atoms with Gasteiger partial charge in [-0.25, -0.2) is 4.39 Å². The van der Waals surface area contributed by atoms with Gasteiger partial charge in [0.25, 0.3) is 0 Å². The van der Waals surface area contributed by atoms with E-state index in [0.29, 0.717) is 6.54 Å². The van der Waals surface area contributed by atoms with E-state index < -0.39 is 6.04 Å². The quantitative estimate of drug-likeness (QED) is 0.922. The average molecular weight is 304 g/mol. The van der Waals surface area contributed by atoms with Crippen LogP contribution in [0.1, 0.15) is 29.3 Å². The van der Waals surface area contributed by atoms with Crippen molar-refractivity contribution in [3.05, 3.63) is 58.0 Å². The highest BCUT2D eigenvalue weighted by molar-refractivity contribution is 7.10. The van der Waals surface area contributed by atoms with Gasteiger partial charge in [-0.05, 0) is 42.0 Å². The van der Waals surface area contributed by atoms with Crippen molar-refractivity contribution in [3.63, 3.8) is 0 Å². The molecule has 1 saturated carbocycles. The van der Waals surface area contributed by atoms with Gasteiger partial charge in [0.2, 0.25) is 5.91 Å². The molecule has 2 N–H and O–H groups in total. The molecule has 1 amide bonds. The van der Waals surface area contributed by atoms with Crippen molar-refractivity contribution in [1.82, 2.24) is 4.90 Å². The molecule has 3 nitrogen and oxygen atoms in total. The highest BCUT2D eigenvalue weighted by Gasteiger charge is 2.35. The molecule has 21 heavy (non-hydrogen) atoms. The Kier molecular flexibility index (Phi) is 4.03. The third-order valence-electron chi connectivity index (χ3n) is 3.65. The topological polar surface area (TPSA) is 46.3 Å². The number of rotatable bonds is 5. The lowest BCUT2D eigenvalue weighted by Gasteiger charge is -2.25. The van der Waals surface area contributed by atoms with Crippen LogP contribution in [0.15, 0.2) is 41.8 Å². The van der Waals surface area contributed by atoms with Crippen molar-refractivity contribution in [2.24, 2.45) is 5.73 Å². The van der Waals surface area contributed by atoms with Crippen LogP contribution in [0.2, 0.25) is 0 Å². The fraction of sp³-hybridized carbons (Fsp3) is 0.312. The minimum absolute atomic E-state index is 0.0516. The van der Waals surface area contributed by atoms with Gasteiger partial charge in [0.1, 0.15) is 11.9 Å². The standard InChI is InChI=1S/C16H17FN2OS/c17-12-5-3-11(4-6-12)10-19(13-7-8-13)16(20)15(18)14-2-1-9-21-14/h1-6,9,13,15H,7-8,10,18H2. The van der Waals surface area contributed by atoms with Gasteiger partial charge in [-0.15, -0.1) is 11.3 Å². The van der Waals surface area contributed by atoms with E-state index in [4.69, 9.17) is 5.73 Å². The van der Waals surface area contributed by atoms with E-state index in [1.165, 1.54) is 23.5 Å². The van der Waals surface area contributed by atoms with Crippen LogP contribution < -0.4 is 5.73 Å². The Morgan fingerprint density at radius 3 is 2.62 bits per heavy atom. The molecule has 1 aliphatic carbocycles. The van der Waals surface area contributed by atoms with Gasteiger partial charge in [0.05, 0.1) is 0 Å². The zero-order valence-corrected chi connectivity index (χ0v) is 12.4. The normalized spacial score (nSPS) is 15.7. The smallest absolute Gasteiger partial charge is 0.245 e. The summed E-state index contributed by atoms with van der Waals surface area (Å²) >= 11 is 1.50. The maximum atomic E-state index is 13.0. The van der Waals surface area contributed by atoms with E-state index >= 15 is 0 Å². The van der Waals surface area contributed by atoms with Crippen molar-refractivity contribution < 1.29 is 9.18 Å². The summed E-state index contributed by atoms with van der Waals surface area (Å²) in [6.07, 6.45) is 2.04. The molecule has 0 bridgehead atoms. The van der Waals surface area contributed by atoms with Crippen LogP contribution in [0.3, 0.4) is 0 Å². The lowest BCUT2D eigenvalue weighted by Crippen LogP contribution is -2.39. The fourth-order valence-electron chi connectivity index (χ4n) is 2.33. The van der Waals surface area contributed by atoms with Crippen molar-refractivity contribution in [1.29, 1.82) is 0 Å². The number of carbonyl (C=O) groups is 1. The van der Waals surface area contributed by atoms with Gasteiger partial charge < -0.3 is 10.6 Å². The maximum Gasteiger partial charge on any atom is 0.245 e. The van der Waals surface area contributed by atoms with E-state index in [1.807, 2.05) is 22.4 Å². The molecule has 1 aliphatic rings. The van der Waals surface area contributed by atoms with Gasteiger partial charge in [0.15, 0.2) is 0 Å². The Morgan fingerprint density at radius 2 is 2.05 bits per heavy atom. The molecular formula is C16H17FN2OS. The molecule has 110 valence electrons. The lowest BCUT2D eigenvalue weighted by atomic mass is 10.1. The third-order valence-corrected chi connectivity index (χ3v) is 4.61. The van der Waals surface area contributed by atoms with E-state index in [2.05, 4.69) is 0 Å². The SMILES string of the molecule is NC(C(=O)N(Cc1ccc(F)cc1)C1CC1)c1cccs1. The first-order valence-corrected chi connectivity index (χ1v) is 7.87. The molecule has 1 aromatic carbocycles. The minimum atomic E-state index is -0.606. The number of thiophene rings is 1. The summed E-state index contributed by atoms with van der Waals surface area (Å²) in [6, 6.07) is 9.72. The Balaban J connectivity index is 1.75. The van der Waals surface area contributed by atoms with E-state index in [-0.39, 0.29) is 17.8 Å². The van der Waals surface area contributed by atoms with Gasteiger partial charge in [-0.1, -0.05) is 18.2 Å². The van der Waals surface area contributed by atoms with Crippen molar-refractivity contribution in [3.8, 4) is 0 Å². The molecule has 1 unspecified atom stereocenters. The van der Waals surface area contributed by atoms with Crippen molar-refractivity contribution in [2.75, 3.05) is 0 Å². The number of halogens is 1. The molecule has 1 aromatic heterocycles. The molecule has 0 aliphatic heterocycles. The van der Waals surface area contributed by atoms with Crippen LogP contribution in [0.4, 0.5) is 4.39 Å². The first-order chi connectivity index (χ1) is 10.1. The molecule has 2 aromatic rings. The molecule has 1 heterocycles. The second-order valence-electron chi connectivity index (χ2n) is 5.32. The molecular weight excluding hydrogens is 287 g/mol. The first kappa shape index (κ1) is 14.2. The summed E-state index contributed by atoms with van der Waals surface area (Å²) in [4.78, 5) is 15.3. The van der Waals surface area contributed by atoms with Crippen LogP contribution >= 0.6 is 11.3 Å². The largest absolute Gasteiger partial charge is 0.334 e. The number of nitrogens with two attached hydrogens (primary N) is 1. The predicted molar refractivity (Wildman–Crippen MR) is 81.2 cm³/mol. The van der Waals surface area contributed by atoms with Crippen LogP contribution in [0.25, 0.3) is 0 Å². The van der Waals surface area contributed by atoms with E-state index in [9.17, 15) is 9.18 Å². The summed E-state index contributed by atoms with van der Waals surface area (Å²) in [6.45, 7) is 0.489. The zero-order valence-electron chi connectivity index (χ0n) is 11.5. The summed E-state index contributed by atoms with van der Waals surface area (Å²) in [5, 5.41) is 1.92. The Morgan fingerprint density at radius 1 is 1.33 bits per heavy atom. The van der Waals surface area contributed by atoms with Crippen molar-refractivity contribution in [2.45, 2.75) is 31.5 Å². The molecule has 0 saturated heterocycles. The van der Waals surface area contributed by atoms with Crippen molar-refractivity contribution >= 4 is 17.2 Å². The Bertz CT molecular complexity index is 608. The number of hydrogen-bond acceptors (Lipinski definition) is 3. The highest BCUT2D eigenvalue weighted by Crippen LogP contribution is 2.31. The van der Waals surface area contributed by atoms with Crippen LogP contribution in [-0.2, 0) is 11.3 Å². The number of amides is 1. The second kappa shape index (κ2) is 5.95. The van der Waals surface area contributed by atoms with Gasteiger partial charge in [0, 0.05) is 17.5 Å². The molecule has 3 rings (SSSR count). The number of nitrogens with zero attached hydrogens (tertiary/aromatic N) is 1. The van der Waals surface area contributed by atoms with Crippen LogP contribution in [-0.4, -0.2) is 16.8 Å². The summed E-state index contributed by atoms with van der Waals surface area (Å²) in [5.74, 6) is -0.317. The van der Waals surface area contributed by atoms with Crippen LogP contribution in [0, 0.1) is 5.82 Å². The third kappa shape index (κ3) is 3.31. The summed E-state index contributed by atoms with van der Waals surface area (Å²) in [7, 11) is 0. The Labute approximate surface area is 127 Å². The first-order valence-electron chi connectivity index (χ1n) is 6.99. The van der Waals surface area contributed by atoms with E-state index in [1.54, 1.807) is 12.1 Å². The summed E-state index contributed by atoms with van der Waals surface area (Å²) < 4.78 is 13.0. The Hall–Kier alpha value is -1.72. The average Bonchev–Trinajstić information content (AvgIpc) is 3.18. The molecule has 1 atom stereocenters.